The Hall–Kier alpha value is -2.50. The Balaban J connectivity index is 1.89. The van der Waals surface area contributed by atoms with Gasteiger partial charge in [0.1, 0.15) is 11.5 Å². The van der Waals surface area contributed by atoms with Crippen LogP contribution in [0.15, 0.2) is 48.5 Å². The van der Waals surface area contributed by atoms with Gasteiger partial charge in [0.15, 0.2) is 12.4 Å². The van der Waals surface area contributed by atoms with Gasteiger partial charge in [-0.25, -0.2) is 0 Å². The van der Waals surface area contributed by atoms with Gasteiger partial charge in [-0.2, -0.15) is 13.2 Å². The van der Waals surface area contributed by atoms with Crippen LogP contribution in [0.4, 0.5) is 13.2 Å². The van der Waals surface area contributed by atoms with Gasteiger partial charge < -0.3 is 9.47 Å². The predicted octanol–water partition coefficient (Wildman–Crippen LogP) is 5.82. The number of unbranched alkanes of at least 4 members (excludes halogenated alkanes) is 3. The number of halogens is 3. The molecule has 3 nitrogen and oxygen atoms in total. The Morgan fingerprint density at radius 3 is 1.81 bits per heavy atom. The quantitative estimate of drug-likeness (QED) is 0.385. The van der Waals surface area contributed by atoms with Crippen LogP contribution < -0.4 is 9.47 Å². The second-order valence-corrected chi connectivity index (χ2v) is 6.19. The van der Waals surface area contributed by atoms with E-state index in [1.807, 2.05) is 0 Å². The van der Waals surface area contributed by atoms with Crippen molar-refractivity contribution >= 4 is 5.78 Å². The lowest BCUT2D eigenvalue weighted by Gasteiger charge is -2.10. The van der Waals surface area contributed by atoms with E-state index in [0.29, 0.717) is 23.5 Å². The van der Waals surface area contributed by atoms with Gasteiger partial charge in [-0.3, -0.25) is 4.79 Å². The van der Waals surface area contributed by atoms with Gasteiger partial charge in [0.05, 0.1) is 6.61 Å². The van der Waals surface area contributed by atoms with Gasteiger partial charge in [-0.05, 0) is 55.0 Å². The van der Waals surface area contributed by atoms with Crippen LogP contribution >= 0.6 is 0 Å². The number of alkyl halides is 3. The fraction of sp³-hybridized carbons (Fsp3) is 0.381. The molecule has 0 bridgehead atoms. The van der Waals surface area contributed by atoms with E-state index in [1.165, 1.54) is 37.1 Å². The number of rotatable bonds is 10. The van der Waals surface area contributed by atoms with E-state index in [4.69, 9.17) is 4.74 Å². The molecular weight excluding hydrogens is 357 g/mol. The topological polar surface area (TPSA) is 35.5 Å². The summed E-state index contributed by atoms with van der Waals surface area (Å²) in [4.78, 5) is 12.5. The number of carbonyl (C=O) groups is 1. The van der Waals surface area contributed by atoms with Crippen molar-refractivity contribution in [1.82, 2.24) is 0 Å². The summed E-state index contributed by atoms with van der Waals surface area (Å²) >= 11 is 0. The van der Waals surface area contributed by atoms with E-state index in [-0.39, 0.29) is 11.5 Å². The minimum absolute atomic E-state index is 0.0655. The third kappa shape index (κ3) is 7.33. The number of hydrogen-bond donors (Lipinski definition) is 0. The summed E-state index contributed by atoms with van der Waals surface area (Å²) in [6, 6.07) is 12.5. The highest BCUT2D eigenvalue weighted by Gasteiger charge is 2.28. The Morgan fingerprint density at radius 2 is 1.33 bits per heavy atom. The molecule has 0 aromatic heterocycles. The molecule has 0 saturated heterocycles. The van der Waals surface area contributed by atoms with E-state index < -0.39 is 12.8 Å². The third-order valence-corrected chi connectivity index (χ3v) is 3.90. The minimum atomic E-state index is -4.39. The average Bonchev–Trinajstić information content (AvgIpc) is 2.66. The first-order chi connectivity index (χ1) is 12.9. The van der Waals surface area contributed by atoms with E-state index in [9.17, 15) is 18.0 Å². The summed E-state index contributed by atoms with van der Waals surface area (Å²) in [5.41, 5.74) is 0.861. The van der Waals surface area contributed by atoms with Crippen LogP contribution in [0.5, 0.6) is 11.5 Å². The van der Waals surface area contributed by atoms with Crippen LogP contribution in [-0.4, -0.2) is 25.2 Å². The number of hydrogen-bond acceptors (Lipinski definition) is 3. The third-order valence-electron chi connectivity index (χ3n) is 3.90. The maximum Gasteiger partial charge on any atom is 0.422 e. The van der Waals surface area contributed by atoms with E-state index >= 15 is 0 Å². The van der Waals surface area contributed by atoms with Crippen molar-refractivity contribution in [1.29, 1.82) is 0 Å². The molecule has 0 aliphatic carbocycles. The lowest BCUT2D eigenvalue weighted by Crippen LogP contribution is -2.19. The molecule has 27 heavy (non-hydrogen) atoms. The molecule has 2 aromatic carbocycles. The van der Waals surface area contributed by atoms with Crippen molar-refractivity contribution in [3.8, 4) is 11.5 Å². The van der Waals surface area contributed by atoms with Gasteiger partial charge in [0, 0.05) is 11.1 Å². The number of ketones is 1. The van der Waals surface area contributed by atoms with Crippen molar-refractivity contribution in [2.24, 2.45) is 0 Å². The molecule has 0 saturated carbocycles. The minimum Gasteiger partial charge on any atom is -0.494 e. The van der Waals surface area contributed by atoms with Crippen molar-refractivity contribution in [3.05, 3.63) is 59.7 Å². The number of carbonyl (C=O) groups excluding carboxylic acids is 1. The van der Waals surface area contributed by atoms with Crippen LogP contribution in [0, 0.1) is 0 Å². The lowest BCUT2D eigenvalue weighted by atomic mass is 10.0. The van der Waals surface area contributed by atoms with Crippen LogP contribution in [-0.2, 0) is 0 Å². The highest BCUT2D eigenvalue weighted by Crippen LogP contribution is 2.21. The molecule has 0 atom stereocenters. The summed E-state index contributed by atoms with van der Waals surface area (Å²) < 4.78 is 46.7. The molecule has 146 valence electrons. The van der Waals surface area contributed by atoms with Crippen LogP contribution in [0.25, 0.3) is 0 Å². The maximum absolute atomic E-state index is 12.5. The highest BCUT2D eigenvalue weighted by atomic mass is 19.4. The highest BCUT2D eigenvalue weighted by molar-refractivity contribution is 6.09. The van der Waals surface area contributed by atoms with Crippen molar-refractivity contribution in [2.45, 2.75) is 38.8 Å². The SMILES string of the molecule is CCCCCCOc1ccc(C(=O)c2ccc(OCC(F)(F)F)cc2)cc1. The predicted molar refractivity (Wildman–Crippen MR) is 97.5 cm³/mol. The number of benzene rings is 2. The molecule has 0 unspecified atom stereocenters. The Morgan fingerprint density at radius 1 is 0.815 bits per heavy atom. The molecule has 0 amide bonds. The Bertz CT molecular complexity index is 707. The van der Waals surface area contributed by atoms with Gasteiger partial charge in [0.2, 0.25) is 0 Å². The normalized spacial score (nSPS) is 11.3. The smallest absolute Gasteiger partial charge is 0.422 e. The van der Waals surface area contributed by atoms with E-state index in [0.717, 1.165) is 12.8 Å². The maximum atomic E-state index is 12.5. The molecule has 2 aromatic rings. The zero-order valence-electron chi connectivity index (χ0n) is 15.2. The van der Waals surface area contributed by atoms with Crippen molar-refractivity contribution in [3.63, 3.8) is 0 Å². The zero-order chi connectivity index (χ0) is 19.7. The first kappa shape index (κ1) is 20.8. The second-order valence-electron chi connectivity index (χ2n) is 6.19. The largest absolute Gasteiger partial charge is 0.494 e. The fourth-order valence-electron chi connectivity index (χ4n) is 2.46. The van der Waals surface area contributed by atoms with Gasteiger partial charge in [0.25, 0.3) is 0 Å². The standard InChI is InChI=1S/C21H23F3O3/c1-2-3-4-5-14-26-18-10-6-16(7-11-18)20(25)17-8-12-19(13-9-17)27-15-21(22,23)24/h6-13H,2-5,14-15H2,1H3. The molecule has 2 rings (SSSR count). The summed E-state index contributed by atoms with van der Waals surface area (Å²) in [5, 5.41) is 0. The van der Waals surface area contributed by atoms with E-state index in [1.54, 1.807) is 24.3 Å². The first-order valence-corrected chi connectivity index (χ1v) is 8.96. The monoisotopic (exact) mass is 380 g/mol. The molecule has 0 aliphatic rings. The van der Waals surface area contributed by atoms with Crippen LogP contribution in [0.3, 0.4) is 0 Å². The summed E-state index contributed by atoms with van der Waals surface area (Å²) in [6.07, 6.45) is 0.102. The van der Waals surface area contributed by atoms with Crippen molar-refractivity contribution in [2.75, 3.05) is 13.2 Å². The molecule has 6 heteroatoms. The molecular formula is C21H23F3O3. The second kappa shape index (κ2) is 10.00. The Labute approximate surface area is 157 Å². The molecule has 0 radical (unpaired) electrons. The molecule has 0 aliphatic heterocycles. The number of ether oxygens (including phenoxy) is 2. The molecule has 0 N–H and O–H groups in total. The average molecular weight is 380 g/mol. The van der Waals surface area contributed by atoms with Gasteiger partial charge in [-0.1, -0.05) is 26.2 Å². The van der Waals surface area contributed by atoms with Gasteiger partial charge in [-0.15, -0.1) is 0 Å². The summed E-state index contributed by atoms with van der Waals surface area (Å²) in [5.74, 6) is 0.557. The summed E-state index contributed by atoms with van der Waals surface area (Å²) in [6.45, 7) is 1.44. The first-order valence-electron chi connectivity index (χ1n) is 8.96. The van der Waals surface area contributed by atoms with Crippen LogP contribution in [0.1, 0.15) is 48.5 Å². The molecule has 0 fully saturated rings. The van der Waals surface area contributed by atoms with Crippen molar-refractivity contribution < 1.29 is 27.4 Å². The summed E-state index contributed by atoms with van der Waals surface area (Å²) in [7, 11) is 0. The Kier molecular flexibility index (Phi) is 7.70. The molecule has 0 spiro atoms. The lowest BCUT2D eigenvalue weighted by molar-refractivity contribution is -0.153. The zero-order valence-corrected chi connectivity index (χ0v) is 15.2. The van der Waals surface area contributed by atoms with Gasteiger partial charge >= 0.3 is 6.18 Å². The molecule has 0 heterocycles. The fourth-order valence-corrected chi connectivity index (χ4v) is 2.46. The van der Waals surface area contributed by atoms with E-state index in [2.05, 4.69) is 11.7 Å². The van der Waals surface area contributed by atoms with Crippen LogP contribution in [0.2, 0.25) is 0 Å².